The number of hydrogen-bond donors (Lipinski definition) is 5. The summed E-state index contributed by atoms with van der Waals surface area (Å²) in [6, 6.07) is -2.25. The summed E-state index contributed by atoms with van der Waals surface area (Å²) in [5, 5.41) is 23.7. The second-order valence-electron chi connectivity index (χ2n) is 5.27. The molecule has 0 heterocycles. The molecule has 0 aliphatic heterocycles. The van der Waals surface area contributed by atoms with Crippen LogP contribution in [0.4, 0.5) is 0 Å². The van der Waals surface area contributed by atoms with E-state index >= 15 is 0 Å². The summed E-state index contributed by atoms with van der Waals surface area (Å²) in [5.41, 5.74) is 4.70. The summed E-state index contributed by atoms with van der Waals surface area (Å²) in [6.45, 7) is 1.31. The molecule has 148 valence electrons. The zero-order valence-corrected chi connectivity index (χ0v) is 14.4. The van der Waals surface area contributed by atoms with Crippen LogP contribution in [-0.2, 0) is 28.7 Å². The molecule has 0 aromatic carbocycles. The fourth-order valence-electron chi connectivity index (χ4n) is 1.78. The van der Waals surface area contributed by atoms with Crippen molar-refractivity contribution in [3.8, 4) is 0 Å². The van der Waals surface area contributed by atoms with Crippen LogP contribution in [0.2, 0.25) is 0 Å². The molecule has 3 amide bonds. The van der Waals surface area contributed by atoms with Crippen LogP contribution in [0.25, 0.3) is 0 Å². The fourth-order valence-corrected chi connectivity index (χ4v) is 1.78. The van der Waals surface area contributed by atoms with E-state index in [-0.39, 0.29) is 32.3 Å². The summed E-state index contributed by atoms with van der Waals surface area (Å²) in [4.78, 5) is 56.9. The molecule has 0 fully saturated rings. The Kier molecular flexibility index (Phi) is 11.3. The molecular weight excluding hydrogens is 352 g/mol. The number of carbonyl (C=O) groups is 5. The molecule has 2 atom stereocenters. The first-order valence-electron chi connectivity index (χ1n) is 7.90. The maximum absolute atomic E-state index is 12.1. The minimum atomic E-state index is -1.40. The number of carboxylic acid groups (broad SMARTS) is 1. The van der Waals surface area contributed by atoms with Crippen LogP contribution in [0.15, 0.2) is 0 Å². The number of rotatable bonds is 12. The third-order valence-corrected chi connectivity index (χ3v) is 3.20. The molecule has 0 aliphatic carbocycles. The van der Waals surface area contributed by atoms with Gasteiger partial charge in [0.15, 0.2) is 0 Å². The number of carbonyl (C=O) groups excluding carboxylic acids is 5. The first-order chi connectivity index (χ1) is 12.2. The van der Waals surface area contributed by atoms with E-state index in [0.29, 0.717) is 0 Å². The van der Waals surface area contributed by atoms with Crippen LogP contribution in [0, 0.1) is 0 Å². The zero-order chi connectivity index (χ0) is 20.1. The van der Waals surface area contributed by atoms with Crippen molar-refractivity contribution in [3.05, 3.63) is 0 Å². The number of ether oxygens (including phenoxy) is 1. The molecule has 0 aromatic heterocycles. The number of carboxylic acids is 1. The van der Waals surface area contributed by atoms with Gasteiger partial charge in [0.25, 0.3) is 0 Å². The van der Waals surface area contributed by atoms with E-state index in [2.05, 4.69) is 21.1 Å². The number of hydrogen-bond acceptors (Lipinski definition) is 8. The standard InChI is InChI=1S/C14H24N4O8/c1-2-26-12(21)7-16-13(22)9(4-6-11(20)18-25)17-10(19)5-3-8(15)14(23)24/h8-9,25H,2-7,15H2,1H3,(H,16,22)(H,17,19)(H,18,20)(H,23,24). The lowest BCUT2D eigenvalue weighted by Crippen LogP contribution is -2.68. The van der Waals surface area contributed by atoms with Gasteiger partial charge in [-0.1, -0.05) is 0 Å². The lowest BCUT2D eigenvalue weighted by molar-refractivity contribution is -0.438. The molecule has 0 radical (unpaired) electrons. The number of esters is 1. The van der Waals surface area contributed by atoms with Crippen molar-refractivity contribution in [1.29, 1.82) is 0 Å². The zero-order valence-electron chi connectivity index (χ0n) is 14.4. The maximum Gasteiger partial charge on any atom is 0.325 e. The molecule has 0 aliphatic rings. The van der Waals surface area contributed by atoms with Crippen molar-refractivity contribution >= 4 is 29.7 Å². The number of hydroxylamine groups is 1. The van der Waals surface area contributed by atoms with E-state index < -0.39 is 48.3 Å². The molecular formula is C14H24N4O8. The molecule has 0 saturated heterocycles. The largest absolute Gasteiger partial charge is 0.544 e. The summed E-state index contributed by atoms with van der Waals surface area (Å²) < 4.78 is 4.65. The highest BCUT2D eigenvalue weighted by Crippen LogP contribution is 2.01. The van der Waals surface area contributed by atoms with E-state index in [1.54, 1.807) is 6.92 Å². The van der Waals surface area contributed by atoms with Crippen LogP contribution >= 0.6 is 0 Å². The quantitative estimate of drug-likeness (QED) is 0.127. The van der Waals surface area contributed by atoms with Crippen molar-refractivity contribution < 1.29 is 44.8 Å². The normalized spacial score (nSPS) is 12.4. The first kappa shape index (κ1) is 23.3. The molecule has 7 N–H and O–H groups in total. The Labute approximate surface area is 149 Å². The van der Waals surface area contributed by atoms with E-state index in [0.717, 1.165) is 0 Å². The van der Waals surface area contributed by atoms with Gasteiger partial charge in [0, 0.05) is 19.3 Å². The van der Waals surface area contributed by atoms with Crippen molar-refractivity contribution in [3.63, 3.8) is 0 Å². The topological polar surface area (TPSA) is 202 Å². The second-order valence-corrected chi connectivity index (χ2v) is 5.27. The van der Waals surface area contributed by atoms with E-state index in [9.17, 15) is 29.1 Å². The minimum absolute atomic E-state index is 0.0948. The van der Waals surface area contributed by atoms with Crippen molar-refractivity contribution in [2.45, 2.75) is 44.7 Å². The second kappa shape index (κ2) is 12.6. The number of nitrogens with one attached hydrogen (secondary N) is 3. The Morgan fingerprint density at radius 2 is 1.73 bits per heavy atom. The summed E-state index contributed by atoms with van der Waals surface area (Å²) in [5.74, 6) is -4.21. The Hall–Kier alpha value is -2.73. The number of aliphatic carboxylic acids is 1. The van der Waals surface area contributed by atoms with Crippen LogP contribution in [0.1, 0.15) is 32.6 Å². The lowest BCUT2D eigenvalue weighted by atomic mass is 10.1. The Balaban J connectivity index is 4.68. The number of amides is 3. The van der Waals surface area contributed by atoms with Crippen molar-refractivity contribution in [1.82, 2.24) is 16.1 Å². The highest BCUT2D eigenvalue weighted by Gasteiger charge is 2.23. The van der Waals surface area contributed by atoms with Crippen molar-refractivity contribution in [2.75, 3.05) is 13.2 Å². The van der Waals surface area contributed by atoms with E-state index in [4.69, 9.17) is 5.21 Å². The first-order valence-corrected chi connectivity index (χ1v) is 7.90. The molecule has 12 nitrogen and oxygen atoms in total. The minimum Gasteiger partial charge on any atom is -0.544 e. The van der Waals surface area contributed by atoms with Crippen LogP contribution < -0.4 is 27.0 Å². The molecule has 12 heteroatoms. The third-order valence-electron chi connectivity index (χ3n) is 3.20. The molecule has 0 saturated carbocycles. The fraction of sp³-hybridized carbons (Fsp3) is 0.643. The van der Waals surface area contributed by atoms with Gasteiger partial charge in [-0.2, -0.15) is 0 Å². The summed E-state index contributed by atoms with van der Waals surface area (Å²) in [7, 11) is 0. The third kappa shape index (κ3) is 10.2. The van der Waals surface area contributed by atoms with Crippen LogP contribution in [0.3, 0.4) is 0 Å². The van der Waals surface area contributed by atoms with Gasteiger partial charge in [0.1, 0.15) is 18.6 Å². The predicted octanol–water partition coefficient (Wildman–Crippen LogP) is -4.42. The van der Waals surface area contributed by atoms with Gasteiger partial charge in [0.2, 0.25) is 17.7 Å². The van der Waals surface area contributed by atoms with Gasteiger partial charge >= 0.3 is 5.97 Å². The van der Waals surface area contributed by atoms with Gasteiger partial charge in [-0.15, -0.1) is 0 Å². The molecule has 26 heavy (non-hydrogen) atoms. The maximum atomic E-state index is 12.1. The molecule has 2 unspecified atom stereocenters. The molecule has 0 aromatic rings. The van der Waals surface area contributed by atoms with Crippen molar-refractivity contribution in [2.24, 2.45) is 0 Å². The lowest BCUT2D eigenvalue weighted by Gasteiger charge is -2.18. The Bertz CT molecular complexity index is 525. The Morgan fingerprint density at radius 3 is 2.27 bits per heavy atom. The average Bonchev–Trinajstić information content (AvgIpc) is 2.60. The monoisotopic (exact) mass is 376 g/mol. The summed E-state index contributed by atoms with van der Waals surface area (Å²) >= 11 is 0. The Morgan fingerprint density at radius 1 is 1.12 bits per heavy atom. The van der Waals surface area contributed by atoms with Crippen LogP contribution in [-0.4, -0.2) is 60.1 Å². The smallest absolute Gasteiger partial charge is 0.325 e. The summed E-state index contributed by atoms with van der Waals surface area (Å²) in [6.07, 6.45) is -0.745. The molecule has 0 bridgehead atoms. The van der Waals surface area contributed by atoms with Gasteiger partial charge in [-0.05, 0) is 13.3 Å². The molecule has 0 spiro atoms. The number of quaternary nitrogens is 1. The van der Waals surface area contributed by atoms with Gasteiger partial charge in [0.05, 0.1) is 12.6 Å². The average molecular weight is 376 g/mol. The van der Waals surface area contributed by atoms with Gasteiger partial charge < -0.3 is 31.0 Å². The van der Waals surface area contributed by atoms with Gasteiger partial charge in [-0.25, -0.2) is 5.48 Å². The highest BCUT2D eigenvalue weighted by molar-refractivity contribution is 5.90. The highest BCUT2D eigenvalue weighted by atomic mass is 16.5. The predicted molar refractivity (Wildman–Crippen MR) is 81.7 cm³/mol. The van der Waals surface area contributed by atoms with E-state index in [1.807, 2.05) is 0 Å². The van der Waals surface area contributed by atoms with Gasteiger partial charge in [-0.3, -0.25) is 24.4 Å². The van der Waals surface area contributed by atoms with E-state index in [1.165, 1.54) is 5.48 Å². The molecule has 0 rings (SSSR count). The van der Waals surface area contributed by atoms with Crippen LogP contribution in [0.5, 0.6) is 0 Å². The SMILES string of the molecule is CCOC(=O)CNC(=O)C(CCC(=O)NO)NC(=O)CCC([NH3+])C(=O)[O-].